The number of rotatable bonds is 10. The summed E-state index contributed by atoms with van der Waals surface area (Å²) in [6.07, 6.45) is -0.273. The first-order valence-corrected chi connectivity index (χ1v) is 8.77. The monoisotopic (exact) mass is 413 g/mol. The van der Waals surface area contributed by atoms with Crippen molar-refractivity contribution >= 4 is 31.3 Å². The first-order chi connectivity index (χ1) is 14.2. The molecule has 0 aliphatic rings. The van der Waals surface area contributed by atoms with Crippen LogP contribution in [0, 0.1) is 5.41 Å². The van der Waals surface area contributed by atoms with E-state index in [1.807, 2.05) is 0 Å². The molecule has 0 spiro atoms. The number of carbonyl (C=O) groups excluding carboxylic acids is 2. The molecule has 2 aromatic carbocycles. The molecule has 0 unspecified atom stereocenters. The van der Waals surface area contributed by atoms with Crippen LogP contribution in [0.3, 0.4) is 0 Å². The minimum atomic E-state index is -1.95. The Balaban J connectivity index is 2.15. The zero-order chi connectivity index (χ0) is 22.3. The fourth-order valence-corrected chi connectivity index (χ4v) is 2.81. The van der Waals surface area contributed by atoms with Gasteiger partial charge >= 0.3 is 13.1 Å². The summed E-state index contributed by atoms with van der Waals surface area (Å²) in [5, 5.41) is 38.4. The summed E-state index contributed by atoms with van der Waals surface area (Å²) >= 11 is 0. The van der Waals surface area contributed by atoms with Crippen molar-refractivity contribution in [2.45, 2.75) is 18.8 Å². The van der Waals surface area contributed by atoms with Gasteiger partial charge in [-0.15, -0.1) is 0 Å². The predicted octanol–water partition coefficient (Wildman–Crippen LogP) is -0.514. The third-order valence-corrected chi connectivity index (χ3v) is 4.27. The first-order valence-electron chi connectivity index (χ1n) is 8.77. The quantitative estimate of drug-likeness (QED) is 0.130. The number of nitrogen functional groups attached to an aromatic ring is 1. The molecule has 30 heavy (non-hydrogen) atoms. The van der Waals surface area contributed by atoms with Gasteiger partial charge in [-0.2, -0.15) is 0 Å². The number of hydrogen-bond donors (Lipinski definition) is 6. The number of amidine groups is 1. The average molecular weight is 413 g/mol. The van der Waals surface area contributed by atoms with Crippen molar-refractivity contribution in [1.29, 1.82) is 5.41 Å². The average Bonchev–Trinajstić information content (AvgIpc) is 2.68. The molecule has 11 heteroatoms. The van der Waals surface area contributed by atoms with Crippen molar-refractivity contribution in [2.75, 3.05) is 0 Å². The van der Waals surface area contributed by atoms with Gasteiger partial charge in [-0.05, 0) is 23.6 Å². The van der Waals surface area contributed by atoms with E-state index >= 15 is 0 Å². The second-order valence-electron chi connectivity index (χ2n) is 6.39. The third kappa shape index (κ3) is 5.90. The number of para-hydroxylation sites is 1. The molecule has 0 saturated heterocycles. The lowest BCUT2D eigenvalue weighted by atomic mass is 9.75. The van der Waals surface area contributed by atoms with E-state index in [4.69, 9.17) is 15.9 Å². The predicted molar refractivity (Wildman–Crippen MR) is 107 cm³/mol. The van der Waals surface area contributed by atoms with Crippen molar-refractivity contribution in [3.63, 3.8) is 0 Å². The Labute approximate surface area is 171 Å². The van der Waals surface area contributed by atoms with Crippen LogP contribution in [0.2, 0.25) is 0 Å². The SMILES string of the molecule is N=C(N)c1ccc(CC(=O)N[C@@H](Cc2cccc(C(=O)O)c2OC=O)B(O)O)cc1. The molecule has 10 nitrogen and oxygen atoms in total. The molecule has 2 aromatic rings. The van der Waals surface area contributed by atoms with Gasteiger partial charge in [0.1, 0.15) is 17.1 Å². The highest BCUT2D eigenvalue weighted by Crippen LogP contribution is 2.25. The van der Waals surface area contributed by atoms with Gasteiger partial charge in [0.05, 0.1) is 12.4 Å². The number of aromatic carboxylic acids is 1. The first kappa shape index (κ1) is 22.6. The summed E-state index contributed by atoms with van der Waals surface area (Å²) < 4.78 is 4.78. The van der Waals surface area contributed by atoms with E-state index in [2.05, 4.69) is 5.32 Å². The van der Waals surface area contributed by atoms with Crippen molar-refractivity contribution < 1.29 is 34.3 Å². The molecule has 2 rings (SSSR count). The Kier molecular flexibility index (Phi) is 7.67. The zero-order valence-electron chi connectivity index (χ0n) is 15.7. The van der Waals surface area contributed by atoms with Crippen LogP contribution < -0.4 is 15.8 Å². The number of benzene rings is 2. The largest absolute Gasteiger partial charge is 0.478 e. The third-order valence-electron chi connectivity index (χ3n) is 4.27. The van der Waals surface area contributed by atoms with E-state index in [1.165, 1.54) is 18.2 Å². The van der Waals surface area contributed by atoms with Crippen LogP contribution >= 0.6 is 0 Å². The van der Waals surface area contributed by atoms with Gasteiger partial charge in [-0.3, -0.25) is 15.0 Å². The molecule has 0 saturated carbocycles. The maximum absolute atomic E-state index is 12.3. The van der Waals surface area contributed by atoms with Gasteiger partial charge in [-0.25, -0.2) is 4.79 Å². The van der Waals surface area contributed by atoms with Crippen molar-refractivity contribution in [2.24, 2.45) is 5.73 Å². The Morgan fingerprint density at radius 2 is 1.87 bits per heavy atom. The van der Waals surface area contributed by atoms with Crippen molar-refractivity contribution in [1.82, 2.24) is 5.32 Å². The van der Waals surface area contributed by atoms with Crippen molar-refractivity contribution in [3.8, 4) is 5.75 Å². The number of carboxylic acid groups (broad SMARTS) is 1. The highest BCUT2D eigenvalue weighted by Gasteiger charge is 2.28. The molecule has 1 amide bonds. The van der Waals surface area contributed by atoms with E-state index in [1.54, 1.807) is 24.3 Å². The topological polar surface area (TPSA) is 183 Å². The number of carbonyl (C=O) groups is 3. The molecule has 1 atom stereocenters. The maximum Gasteiger partial charge on any atom is 0.475 e. The van der Waals surface area contributed by atoms with Crippen LogP contribution in [-0.4, -0.2) is 52.4 Å². The number of nitrogens with two attached hydrogens (primary N) is 1. The van der Waals surface area contributed by atoms with Crippen LogP contribution in [0.15, 0.2) is 42.5 Å². The van der Waals surface area contributed by atoms with Crippen LogP contribution in [0.25, 0.3) is 0 Å². The standard InChI is InChI=1S/C19H20BN3O7/c21-18(22)12-6-4-11(5-7-12)8-16(25)23-15(20(28)29)9-13-2-1-3-14(19(26)27)17(13)30-10-24/h1-7,10,15,28-29H,8-9H2,(H3,21,22)(H,23,25)(H,26,27)/t15-/m0/s1. The van der Waals surface area contributed by atoms with Crippen LogP contribution in [-0.2, 0) is 22.4 Å². The molecular formula is C19H20BN3O7. The van der Waals surface area contributed by atoms with E-state index in [0.717, 1.165) is 0 Å². The van der Waals surface area contributed by atoms with E-state index in [9.17, 15) is 29.5 Å². The number of ether oxygens (including phenoxy) is 1. The lowest BCUT2D eigenvalue weighted by Crippen LogP contribution is -2.48. The summed E-state index contributed by atoms with van der Waals surface area (Å²) in [5.74, 6) is -3.37. The lowest BCUT2D eigenvalue weighted by Gasteiger charge is -2.19. The highest BCUT2D eigenvalue weighted by atomic mass is 16.5. The van der Waals surface area contributed by atoms with E-state index in [-0.39, 0.29) is 42.0 Å². The molecule has 156 valence electrons. The Hall–Kier alpha value is -3.70. The van der Waals surface area contributed by atoms with Crippen LogP contribution in [0.4, 0.5) is 0 Å². The molecule has 0 radical (unpaired) electrons. The molecule has 0 fully saturated rings. The minimum absolute atomic E-state index is 0.0684. The van der Waals surface area contributed by atoms with Gasteiger partial charge in [0.15, 0.2) is 0 Å². The molecule has 0 heterocycles. The molecule has 0 aliphatic heterocycles. The second kappa shape index (κ2) is 10.2. The zero-order valence-corrected chi connectivity index (χ0v) is 15.7. The number of nitrogens with one attached hydrogen (secondary N) is 2. The van der Waals surface area contributed by atoms with Crippen LogP contribution in [0.1, 0.15) is 27.0 Å². The van der Waals surface area contributed by atoms with Crippen LogP contribution in [0.5, 0.6) is 5.75 Å². The maximum atomic E-state index is 12.3. The normalized spacial score (nSPS) is 11.3. The van der Waals surface area contributed by atoms with Gasteiger partial charge in [0.2, 0.25) is 5.91 Å². The molecule has 0 aromatic heterocycles. The van der Waals surface area contributed by atoms with Gasteiger partial charge < -0.3 is 30.9 Å². The summed E-state index contributed by atoms with van der Waals surface area (Å²) in [6.45, 7) is 0.0684. The fourth-order valence-electron chi connectivity index (χ4n) is 2.81. The van der Waals surface area contributed by atoms with E-state index in [0.29, 0.717) is 11.1 Å². The summed E-state index contributed by atoms with van der Waals surface area (Å²) in [6, 6.07) is 10.5. The fraction of sp³-hybridized carbons (Fsp3) is 0.158. The smallest absolute Gasteiger partial charge is 0.475 e. The summed E-state index contributed by atoms with van der Waals surface area (Å²) in [4.78, 5) is 34.4. The number of amides is 1. The molecule has 7 N–H and O–H groups in total. The lowest BCUT2D eigenvalue weighted by molar-refractivity contribution is -0.121. The Morgan fingerprint density at radius 1 is 1.20 bits per heavy atom. The molecule has 0 aliphatic carbocycles. The van der Waals surface area contributed by atoms with Crippen molar-refractivity contribution in [3.05, 3.63) is 64.7 Å². The minimum Gasteiger partial charge on any atom is -0.478 e. The highest BCUT2D eigenvalue weighted by molar-refractivity contribution is 6.43. The molecular weight excluding hydrogens is 393 g/mol. The summed E-state index contributed by atoms with van der Waals surface area (Å²) in [7, 11) is -1.95. The summed E-state index contributed by atoms with van der Waals surface area (Å²) in [5.41, 5.74) is 6.42. The number of carboxylic acids is 1. The van der Waals surface area contributed by atoms with Gasteiger partial charge in [0.25, 0.3) is 6.47 Å². The van der Waals surface area contributed by atoms with Gasteiger partial charge in [0, 0.05) is 5.56 Å². The second-order valence-corrected chi connectivity index (χ2v) is 6.39. The Bertz CT molecular complexity index is 948. The molecule has 0 bridgehead atoms. The Morgan fingerprint density at radius 3 is 2.40 bits per heavy atom. The number of hydrogen-bond acceptors (Lipinski definition) is 7. The van der Waals surface area contributed by atoms with Gasteiger partial charge in [-0.1, -0.05) is 36.4 Å². The van der Waals surface area contributed by atoms with E-state index < -0.39 is 24.9 Å².